The molecule has 1 aliphatic carbocycles. The summed E-state index contributed by atoms with van der Waals surface area (Å²) in [6.45, 7) is 2.09. The monoisotopic (exact) mass is 379 g/mol. The summed E-state index contributed by atoms with van der Waals surface area (Å²) in [5.74, 6) is 0.748. The van der Waals surface area contributed by atoms with E-state index in [2.05, 4.69) is 64.5 Å². The minimum atomic E-state index is 0.748. The lowest BCUT2D eigenvalue weighted by Gasteiger charge is -2.28. The van der Waals surface area contributed by atoms with Crippen LogP contribution in [-0.4, -0.2) is 0 Å². The highest BCUT2D eigenvalue weighted by Crippen LogP contribution is 2.52. The van der Waals surface area contributed by atoms with Crippen molar-refractivity contribution in [1.29, 1.82) is 0 Å². The van der Waals surface area contributed by atoms with Crippen molar-refractivity contribution in [3.63, 3.8) is 0 Å². The zero-order valence-corrected chi connectivity index (χ0v) is 16.4. The number of hydrogen-bond donors (Lipinski definition) is 0. The number of fused-ring (bicyclic) bond motifs is 5. The molecular weight excluding hydrogens is 358 g/mol. The molecule has 1 aliphatic heterocycles. The topological polar surface area (TPSA) is 41.1 Å². The Labute approximate surface area is 169 Å². The first-order valence-electron chi connectivity index (χ1n) is 10.2. The number of hydrogen-bond acceptors (Lipinski definition) is 4. The molecule has 0 spiro atoms. The van der Waals surface area contributed by atoms with E-state index < -0.39 is 0 Å². The highest BCUT2D eigenvalue weighted by atomic mass is 16.4. The molecular formula is C25H21N3O. The van der Waals surface area contributed by atoms with E-state index in [0.29, 0.717) is 0 Å². The molecule has 0 saturated carbocycles. The van der Waals surface area contributed by atoms with Gasteiger partial charge in [0.2, 0.25) is 5.88 Å². The smallest absolute Gasteiger partial charge is 0.233 e. The van der Waals surface area contributed by atoms with Gasteiger partial charge < -0.3 is 4.42 Å². The fraction of sp³-hybridized carbons (Fsp3) is 0.200. The zero-order valence-electron chi connectivity index (χ0n) is 16.4. The average Bonchev–Trinajstić information content (AvgIpc) is 3.02. The van der Waals surface area contributed by atoms with Crippen LogP contribution in [0.5, 0.6) is 0 Å². The Morgan fingerprint density at radius 2 is 1.72 bits per heavy atom. The predicted molar refractivity (Wildman–Crippen MR) is 116 cm³/mol. The number of benzene rings is 3. The molecule has 0 radical (unpaired) electrons. The molecule has 4 aromatic rings. The Morgan fingerprint density at radius 3 is 2.69 bits per heavy atom. The Kier molecular flexibility index (Phi) is 3.60. The van der Waals surface area contributed by atoms with Gasteiger partial charge in [0, 0.05) is 0 Å². The van der Waals surface area contributed by atoms with Crippen molar-refractivity contribution >= 4 is 39.6 Å². The number of aryl methyl sites for hydroxylation is 2. The van der Waals surface area contributed by atoms with Gasteiger partial charge in [0.25, 0.3) is 0 Å². The van der Waals surface area contributed by atoms with Crippen LogP contribution in [-0.2, 0) is 12.8 Å². The van der Waals surface area contributed by atoms with Crippen LogP contribution in [0.15, 0.2) is 75.3 Å². The summed E-state index contributed by atoms with van der Waals surface area (Å²) in [6, 6.07) is 21.0. The van der Waals surface area contributed by atoms with Crippen LogP contribution in [0.4, 0.5) is 28.6 Å². The Morgan fingerprint density at radius 1 is 0.862 bits per heavy atom. The normalized spacial score (nSPS) is 15.0. The van der Waals surface area contributed by atoms with Gasteiger partial charge in [-0.1, -0.05) is 35.9 Å². The number of azo groups is 1. The molecule has 4 heteroatoms. The second-order valence-corrected chi connectivity index (χ2v) is 7.90. The minimum absolute atomic E-state index is 0.748. The first-order chi connectivity index (χ1) is 14.3. The molecule has 4 nitrogen and oxygen atoms in total. The van der Waals surface area contributed by atoms with E-state index in [1.165, 1.54) is 35.2 Å². The van der Waals surface area contributed by atoms with Crippen LogP contribution < -0.4 is 4.90 Å². The number of furan rings is 1. The summed E-state index contributed by atoms with van der Waals surface area (Å²) >= 11 is 0. The highest BCUT2D eigenvalue weighted by molar-refractivity contribution is 6.00. The Balaban J connectivity index is 1.68. The standard InChI is InChI=1S/C25H21N3O/c1-16-13-14-23-19(15-16)24-25(29-23)28(22-11-5-4-10-20(22)26-27-24)21-12-6-8-17-7-2-3-9-18(17)21/h4-6,8,10-15H,2-3,7,9H2,1H3. The number of para-hydroxylation sites is 1. The van der Waals surface area contributed by atoms with Crippen LogP contribution in [0.2, 0.25) is 0 Å². The maximum atomic E-state index is 6.41. The first kappa shape index (κ1) is 16.5. The lowest BCUT2D eigenvalue weighted by atomic mass is 9.90. The molecule has 0 atom stereocenters. The molecule has 0 fully saturated rings. The number of rotatable bonds is 1. The molecule has 0 bridgehead atoms. The summed E-state index contributed by atoms with van der Waals surface area (Å²) < 4.78 is 6.41. The van der Waals surface area contributed by atoms with E-state index in [1.807, 2.05) is 18.2 Å². The van der Waals surface area contributed by atoms with Crippen molar-refractivity contribution in [2.75, 3.05) is 4.90 Å². The average molecular weight is 379 g/mol. The lowest BCUT2D eigenvalue weighted by molar-refractivity contribution is 0.620. The third-order valence-corrected chi connectivity index (χ3v) is 5.99. The second-order valence-electron chi connectivity index (χ2n) is 7.90. The van der Waals surface area contributed by atoms with E-state index in [-0.39, 0.29) is 0 Å². The van der Waals surface area contributed by atoms with Gasteiger partial charge in [-0.2, -0.15) is 0 Å². The maximum Gasteiger partial charge on any atom is 0.233 e. The van der Waals surface area contributed by atoms with Gasteiger partial charge in [-0.05, 0) is 74.1 Å². The van der Waals surface area contributed by atoms with E-state index in [9.17, 15) is 0 Å². The van der Waals surface area contributed by atoms with Crippen LogP contribution >= 0.6 is 0 Å². The maximum absolute atomic E-state index is 6.41. The van der Waals surface area contributed by atoms with E-state index >= 15 is 0 Å². The minimum Gasteiger partial charge on any atom is -0.437 e. The molecule has 3 aromatic carbocycles. The predicted octanol–water partition coefficient (Wildman–Crippen LogP) is 7.82. The third-order valence-electron chi connectivity index (χ3n) is 5.99. The summed E-state index contributed by atoms with van der Waals surface area (Å²) in [5.41, 5.74) is 8.72. The van der Waals surface area contributed by atoms with Gasteiger partial charge >= 0.3 is 0 Å². The Hall–Kier alpha value is -3.40. The molecule has 29 heavy (non-hydrogen) atoms. The second kappa shape index (κ2) is 6.31. The largest absolute Gasteiger partial charge is 0.437 e. The molecule has 2 heterocycles. The fourth-order valence-electron chi connectivity index (χ4n) is 4.59. The molecule has 0 saturated heterocycles. The molecule has 2 aliphatic rings. The lowest BCUT2D eigenvalue weighted by Crippen LogP contribution is -2.14. The molecule has 1 aromatic heterocycles. The number of nitrogens with zero attached hydrogens (tertiary/aromatic N) is 3. The van der Waals surface area contributed by atoms with Gasteiger partial charge in [-0.25, -0.2) is 0 Å². The van der Waals surface area contributed by atoms with Gasteiger partial charge in [0.1, 0.15) is 11.3 Å². The number of anilines is 3. The third kappa shape index (κ3) is 2.52. The van der Waals surface area contributed by atoms with Crippen molar-refractivity contribution in [2.24, 2.45) is 10.2 Å². The van der Waals surface area contributed by atoms with Gasteiger partial charge in [-0.15, -0.1) is 10.2 Å². The van der Waals surface area contributed by atoms with Crippen molar-refractivity contribution in [1.82, 2.24) is 0 Å². The van der Waals surface area contributed by atoms with Crippen molar-refractivity contribution in [3.8, 4) is 0 Å². The molecule has 6 rings (SSSR count). The quantitative estimate of drug-likeness (QED) is 0.298. The zero-order chi connectivity index (χ0) is 19.4. The Bertz CT molecular complexity index is 1280. The summed E-state index contributed by atoms with van der Waals surface area (Å²) in [6.07, 6.45) is 4.71. The van der Waals surface area contributed by atoms with E-state index in [4.69, 9.17) is 4.42 Å². The molecule has 0 N–H and O–H groups in total. The molecule has 0 unspecified atom stereocenters. The van der Waals surface area contributed by atoms with Crippen LogP contribution in [0.25, 0.3) is 11.0 Å². The van der Waals surface area contributed by atoms with Crippen LogP contribution in [0.1, 0.15) is 29.5 Å². The SMILES string of the molecule is Cc1ccc2oc3c(c2c1)N=Nc1ccccc1N3c1cccc2c1CCCC2. The van der Waals surface area contributed by atoms with Crippen LogP contribution in [0.3, 0.4) is 0 Å². The van der Waals surface area contributed by atoms with Gasteiger partial charge in [0.05, 0.1) is 16.8 Å². The summed E-state index contributed by atoms with van der Waals surface area (Å²) in [4.78, 5) is 2.23. The van der Waals surface area contributed by atoms with E-state index in [0.717, 1.165) is 46.8 Å². The highest BCUT2D eigenvalue weighted by Gasteiger charge is 2.29. The van der Waals surface area contributed by atoms with Crippen molar-refractivity contribution in [2.45, 2.75) is 32.6 Å². The van der Waals surface area contributed by atoms with E-state index in [1.54, 1.807) is 0 Å². The molecule has 142 valence electrons. The summed E-state index contributed by atoms with van der Waals surface area (Å²) in [5, 5.41) is 10.2. The van der Waals surface area contributed by atoms with Gasteiger partial charge in [-0.3, -0.25) is 4.90 Å². The molecule has 0 amide bonds. The summed E-state index contributed by atoms with van der Waals surface area (Å²) in [7, 11) is 0. The van der Waals surface area contributed by atoms with Crippen molar-refractivity contribution < 1.29 is 4.42 Å². The fourth-order valence-corrected chi connectivity index (χ4v) is 4.59. The van der Waals surface area contributed by atoms with Crippen LogP contribution in [0, 0.1) is 6.92 Å². The first-order valence-corrected chi connectivity index (χ1v) is 10.2. The van der Waals surface area contributed by atoms with Gasteiger partial charge in [0.15, 0.2) is 5.69 Å². The van der Waals surface area contributed by atoms with Crippen molar-refractivity contribution in [3.05, 3.63) is 77.4 Å².